The van der Waals surface area contributed by atoms with Gasteiger partial charge in [-0.1, -0.05) is 23.3 Å². The largest absolute Gasteiger partial charge is 0.342 e. The molecule has 5 nitrogen and oxygen atoms in total. The highest BCUT2D eigenvalue weighted by Gasteiger charge is 2.04. The van der Waals surface area contributed by atoms with Crippen molar-refractivity contribution < 1.29 is 0 Å². The van der Waals surface area contributed by atoms with Crippen molar-refractivity contribution >= 4 is 5.69 Å². The second-order valence-corrected chi connectivity index (χ2v) is 3.54. The van der Waals surface area contributed by atoms with E-state index in [0.717, 1.165) is 22.8 Å². The third kappa shape index (κ3) is 1.89. The molecule has 5 heteroatoms. The molecule has 0 saturated heterocycles. The van der Waals surface area contributed by atoms with Crippen LogP contribution >= 0.6 is 0 Å². The Hall–Kier alpha value is -2.26. The van der Waals surface area contributed by atoms with E-state index in [1.165, 1.54) is 0 Å². The normalized spacial score (nSPS) is 9.88. The van der Waals surface area contributed by atoms with Gasteiger partial charge in [0, 0.05) is 21.9 Å². The first-order valence-electron chi connectivity index (χ1n) is 4.89. The Bertz CT molecular complexity index is 544. The molecular weight excluding hydrogens is 202 g/mol. The molecule has 0 radical (unpaired) electrons. The van der Waals surface area contributed by atoms with Crippen LogP contribution in [0.3, 0.4) is 0 Å². The summed E-state index contributed by atoms with van der Waals surface area (Å²) in [4.78, 5) is 10.3. The second-order valence-electron chi connectivity index (χ2n) is 3.54. The van der Waals surface area contributed by atoms with Gasteiger partial charge in [0.15, 0.2) is 0 Å². The monoisotopic (exact) mass is 213 g/mol. The lowest BCUT2D eigenvalue weighted by molar-refractivity contribution is 1.22. The summed E-state index contributed by atoms with van der Waals surface area (Å²) >= 11 is 0. The second kappa shape index (κ2) is 4.08. The van der Waals surface area contributed by atoms with Gasteiger partial charge in [0.25, 0.3) is 0 Å². The molecule has 0 fully saturated rings. The Morgan fingerprint density at radius 2 is 2.19 bits per heavy atom. The Morgan fingerprint density at radius 3 is 2.81 bits per heavy atom. The van der Waals surface area contributed by atoms with Crippen LogP contribution in [0.25, 0.3) is 21.8 Å². The zero-order chi connectivity index (χ0) is 11.5. The minimum absolute atomic E-state index is 0.590. The fourth-order valence-corrected chi connectivity index (χ4v) is 1.45. The van der Waals surface area contributed by atoms with E-state index in [1.807, 2.05) is 26.0 Å². The van der Waals surface area contributed by atoms with Crippen LogP contribution in [0.2, 0.25) is 0 Å². The van der Waals surface area contributed by atoms with E-state index < -0.39 is 0 Å². The van der Waals surface area contributed by atoms with E-state index in [9.17, 15) is 0 Å². The molecule has 1 N–H and O–H groups in total. The molecule has 0 saturated carbocycles. The maximum atomic E-state index is 8.36. The lowest BCUT2D eigenvalue weighted by atomic mass is 10.2. The molecule has 2 aromatic rings. The first kappa shape index (κ1) is 10.3. The smallest absolute Gasteiger partial charge is 0.137 e. The molecule has 80 valence electrons. The summed E-state index contributed by atoms with van der Waals surface area (Å²) in [6.45, 7) is 3.93. The number of rotatable bonds is 2. The molecule has 0 spiro atoms. The number of hydrogen-bond acceptors (Lipinski definition) is 2. The Balaban J connectivity index is 2.47. The standard InChI is InChI=1S/C11H11N5/c1-7-8(2)14-11(13-7)9-4-3-5-10(6-9)15-16-12/h3-6H,1-2H3,(H,13,14). The summed E-state index contributed by atoms with van der Waals surface area (Å²) < 4.78 is 0. The number of nitrogens with one attached hydrogen (secondary N) is 1. The Kier molecular flexibility index (Phi) is 2.62. The molecule has 0 aliphatic rings. The van der Waals surface area contributed by atoms with Crippen molar-refractivity contribution in [1.29, 1.82) is 0 Å². The average molecular weight is 213 g/mol. The van der Waals surface area contributed by atoms with Crippen molar-refractivity contribution in [1.82, 2.24) is 9.97 Å². The summed E-state index contributed by atoms with van der Waals surface area (Å²) in [5.41, 5.74) is 11.9. The Labute approximate surface area is 92.8 Å². The molecule has 0 aliphatic heterocycles. The lowest BCUT2D eigenvalue weighted by Crippen LogP contribution is -1.79. The van der Waals surface area contributed by atoms with Crippen LogP contribution in [0.4, 0.5) is 5.69 Å². The van der Waals surface area contributed by atoms with E-state index in [-0.39, 0.29) is 0 Å². The predicted molar refractivity (Wildman–Crippen MR) is 62.3 cm³/mol. The molecule has 0 amide bonds. The van der Waals surface area contributed by atoms with Gasteiger partial charge in [0.2, 0.25) is 0 Å². The van der Waals surface area contributed by atoms with Crippen molar-refractivity contribution in [3.8, 4) is 11.4 Å². The maximum absolute atomic E-state index is 8.36. The molecule has 16 heavy (non-hydrogen) atoms. The topological polar surface area (TPSA) is 77.4 Å². The predicted octanol–water partition coefficient (Wildman–Crippen LogP) is 3.64. The summed E-state index contributed by atoms with van der Waals surface area (Å²) in [6, 6.07) is 7.32. The van der Waals surface area contributed by atoms with Crippen molar-refractivity contribution in [2.24, 2.45) is 5.11 Å². The van der Waals surface area contributed by atoms with Gasteiger partial charge < -0.3 is 4.98 Å². The summed E-state index contributed by atoms with van der Waals surface area (Å²) in [5.74, 6) is 0.796. The van der Waals surface area contributed by atoms with Gasteiger partial charge in [0.1, 0.15) is 5.82 Å². The number of nitrogens with zero attached hydrogens (tertiary/aromatic N) is 4. The molecule has 1 aromatic heterocycles. The number of aryl methyl sites for hydroxylation is 2. The number of azide groups is 1. The highest BCUT2D eigenvalue weighted by Crippen LogP contribution is 2.22. The quantitative estimate of drug-likeness (QED) is 0.461. The fraction of sp³-hybridized carbons (Fsp3) is 0.182. The number of hydrogen-bond donors (Lipinski definition) is 1. The van der Waals surface area contributed by atoms with E-state index in [4.69, 9.17) is 5.53 Å². The first-order chi connectivity index (χ1) is 7.70. The lowest BCUT2D eigenvalue weighted by Gasteiger charge is -1.97. The van der Waals surface area contributed by atoms with Crippen molar-refractivity contribution in [3.05, 3.63) is 46.1 Å². The van der Waals surface area contributed by atoms with Crippen LogP contribution in [0.5, 0.6) is 0 Å². The minimum atomic E-state index is 0.590. The zero-order valence-corrected chi connectivity index (χ0v) is 9.10. The van der Waals surface area contributed by atoms with Crippen molar-refractivity contribution in [2.75, 3.05) is 0 Å². The molecule has 0 bridgehead atoms. The molecule has 0 aliphatic carbocycles. The molecule has 1 heterocycles. The highest BCUT2D eigenvalue weighted by atomic mass is 15.1. The van der Waals surface area contributed by atoms with Crippen molar-refractivity contribution in [3.63, 3.8) is 0 Å². The molecule has 1 aromatic carbocycles. The summed E-state index contributed by atoms with van der Waals surface area (Å²) in [5, 5.41) is 3.56. The first-order valence-corrected chi connectivity index (χ1v) is 4.89. The van der Waals surface area contributed by atoms with Crippen LogP contribution in [0.15, 0.2) is 29.4 Å². The zero-order valence-electron chi connectivity index (χ0n) is 9.10. The van der Waals surface area contributed by atoms with Crippen LogP contribution in [0.1, 0.15) is 11.4 Å². The van der Waals surface area contributed by atoms with Crippen molar-refractivity contribution in [2.45, 2.75) is 13.8 Å². The molecule has 0 unspecified atom stereocenters. The average Bonchev–Trinajstić information content (AvgIpc) is 2.60. The van der Waals surface area contributed by atoms with Crippen LogP contribution < -0.4 is 0 Å². The van der Waals surface area contributed by atoms with Crippen LogP contribution in [0, 0.1) is 13.8 Å². The van der Waals surface area contributed by atoms with Gasteiger partial charge in [-0.3, -0.25) is 0 Å². The third-order valence-electron chi connectivity index (χ3n) is 2.41. The third-order valence-corrected chi connectivity index (χ3v) is 2.41. The molecule has 2 rings (SSSR count). The van der Waals surface area contributed by atoms with E-state index in [0.29, 0.717) is 5.69 Å². The number of H-pyrrole nitrogens is 1. The highest BCUT2D eigenvalue weighted by molar-refractivity contribution is 5.61. The van der Waals surface area contributed by atoms with E-state index in [1.54, 1.807) is 12.1 Å². The van der Waals surface area contributed by atoms with Gasteiger partial charge >= 0.3 is 0 Å². The van der Waals surface area contributed by atoms with E-state index >= 15 is 0 Å². The van der Waals surface area contributed by atoms with Gasteiger partial charge in [-0.05, 0) is 25.4 Å². The molecular formula is C11H11N5. The number of aromatic nitrogens is 2. The van der Waals surface area contributed by atoms with Gasteiger partial charge in [-0.2, -0.15) is 0 Å². The number of benzene rings is 1. The number of imidazole rings is 1. The van der Waals surface area contributed by atoms with Gasteiger partial charge in [0.05, 0.1) is 5.69 Å². The maximum Gasteiger partial charge on any atom is 0.137 e. The van der Waals surface area contributed by atoms with Gasteiger partial charge in [-0.25, -0.2) is 4.98 Å². The fourth-order valence-electron chi connectivity index (χ4n) is 1.45. The van der Waals surface area contributed by atoms with Crippen LogP contribution in [-0.4, -0.2) is 9.97 Å². The molecule has 0 atom stereocenters. The number of aromatic amines is 1. The SMILES string of the molecule is Cc1nc(-c2cccc(N=[N+]=[N-])c2)[nH]c1C. The summed E-state index contributed by atoms with van der Waals surface area (Å²) in [7, 11) is 0. The Morgan fingerprint density at radius 1 is 1.38 bits per heavy atom. The van der Waals surface area contributed by atoms with Crippen LogP contribution in [-0.2, 0) is 0 Å². The summed E-state index contributed by atoms with van der Waals surface area (Å²) in [6.07, 6.45) is 0. The van der Waals surface area contributed by atoms with E-state index in [2.05, 4.69) is 20.0 Å². The minimum Gasteiger partial charge on any atom is -0.342 e. The van der Waals surface area contributed by atoms with Gasteiger partial charge in [-0.15, -0.1) is 0 Å².